The van der Waals surface area contributed by atoms with Gasteiger partial charge in [-0.15, -0.1) is 0 Å². The van der Waals surface area contributed by atoms with Gasteiger partial charge in [-0.1, -0.05) is 0 Å². The predicted molar refractivity (Wildman–Crippen MR) is 109 cm³/mol. The summed E-state index contributed by atoms with van der Waals surface area (Å²) in [7, 11) is 0. The molecule has 0 radical (unpaired) electrons. The number of halogens is 2. The second-order valence-electron chi connectivity index (χ2n) is 7.77. The first-order chi connectivity index (χ1) is 14.3. The van der Waals surface area contributed by atoms with Gasteiger partial charge in [0.2, 0.25) is 5.43 Å². The van der Waals surface area contributed by atoms with Crippen molar-refractivity contribution in [2.45, 2.75) is 32.2 Å². The lowest BCUT2D eigenvalue weighted by molar-refractivity contribution is 0.0694. The number of pyridine rings is 1. The van der Waals surface area contributed by atoms with Gasteiger partial charge in [-0.2, -0.15) is 0 Å². The highest BCUT2D eigenvalue weighted by Gasteiger charge is 2.31. The second-order valence-corrected chi connectivity index (χ2v) is 7.77. The number of hydrogen-bond donors (Lipinski definition) is 2. The molecule has 3 N–H and O–H groups in total. The molecule has 0 unspecified atom stereocenters. The minimum Gasteiger partial charge on any atom is -0.487 e. The topological polar surface area (TPSA) is 97.8 Å². The van der Waals surface area contributed by atoms with E-state index in [1.807, 2.05) is 6.92 Å². The molecule has 2 aromatic rings. The van der Waals surface area contributed by atoms with Crippen LogP contribution in [0.1, 0.15) is 42.6 Å². The van der Waals surface area contributed by atoms with Gasteiger partial charge in [0, 0.05) is 25.8 Å². The number of aromatic nitrogens is 1. The lowest BCUT2D eigenvalue weighted by atomic mass is 10.1. The Balaban J connectivity index is 1.97. The number of nitrogens with two attached hydrogens (primary N) is 1. The molecule has 0 spiro atoms. The normalized spacial score (nSPS) is 20.7. The molecule has 1 fully saturated rings. The fraction of sp³-hybridized carbons (Fsp3) is 0.429. The smallest absolute Gasteiger partial charge is 0.341 e. The summed E-state index contributed by atoms with van der Waals surface area (Å²) in [5.41, 5.74) is 5.33. The molecule has 3 heterocycles. The Morgan fingerprint density at radius 2 is 2.17 bits per heavy atom. The summed E-state index contributed by atoms with van der Waals surface area (Å²) >= 11 is 0. The summed E-state index contributed by atoms with van der Waals surface area (Å²) in [6.45, 7) is 2.48. The first-order valence-corrected chi connectivity index (χ1v) is 9.92. The highest BCUT2D eigenvalue weighted by Crippen LogP contribution is 2.42. The molecule has 1 aromatic carbocycles. The summed E-state index contributed by atoms with van der Waals surface area (Å²) in [5.74, 6) is -2.27. The van der Waals surface area contributed by atoms with Crippen LogP contribution in [0.15, 0.2) is 28.5 Å². The lowest BCUT2D eigenvalue weighted by Gasteiger charge is -2.32. The van der Waals surface area contributed by atoms with Gasteiger partial charge in [-0.3, -0.25) is 4.79 Å². The number of nitrogens with zero attached hydrogens (tertiary/aromatic N) is 2. The van der Waals surface area contributed by atoms with Gasteiger partial charge in [0.05, 0.1) is 16.9 Å². The highest BCUT2D eigenvalue weighted by molar-refractivity contribution is 5.97. The molecule has 1 aromatic heterocycles. The summed E-state index contributed by atoms with van der Waals surface area (Å²) in [6.07, 6.45) is 3.33. The van der Waals surface area contributed by atoms with Crippen LogP contribution in [0.25, 0.3) is 10.9 Å². The number of carboxylic acid groups (broad SMARTS) is 1. The van der Waals surface area contributed by atoms with Gasteiger partial charge in [0.15, 0.2) is 11.6 Å². The monoisotopic (exact) mass is 419 g/mol. The molecule has 2 aliphatic rings. The van der Waals surface area contributed by atoms with Gasteiger partial charge in [0.25, 0.3) is 0 Å². The first-order valence-electron chi connectivity index (χ1n) is 9.92. The Bertz CT molecular complexity index is 1130. The van der Waals surface area contributed by atoms with Gasteiger partial charge in [-0.05, 0) is 37.8 Å². The van der Waals surface area contributed by atoms with Crippen LogP contribution in [-0.4, -0.2) is 41.9 Å². The van der Waals surface area contributed by atoms with E-state index in [0.29, 0.717) is 24.1 Å². The number of aromatic carboxylic acids is 1. The van der Waals surface area contributed by atoms with E-state index in [-0.39, 0.29) is 42.6 Å². The molecule has 1 atom stereocenters. The van der Waals surface area contributed by atoms with Crippen molar-refractivity contribution in [3.63, 3.8) is 0 Å². The Morgan fingerprint density at radius 3 is 2.87 bits per heavy atom. The first kappa shape index (κ1) is 20.3. The van der Waals surface area contributed by atoms with E-state index in [4.69, 9.17) is 10.5 Å². The average molecular weight is 419 g/mol. The lowest BCUT2D eigenvalue weighted by Crippen LogP contribution is -2.31. The number of carbonyl (C=O) groups is 1. The molecule has 2 aliphatic heterocycles. The van der Waals surface area contributed by atoms with Crippen LogP contribution in [0.4, 0.5) is 14.5 Å². The number of rotatable bonds is 3. The van der Waals surface area contributed by atoms with Crippen LogP contribution in [-0.2, 0) is 0 Å². The molecule has 0 bridgehead atoms. The maximum absolute atomic E-state index is 15.3. The summed E-state index contributed by atoms with van der Waals surface area (Å²) in [6, 6.07) is 0.820. The zero-order chi connectivity index (χ0) is 21.6. The Morgan fingerprint density at radius 1 is 1.40 bits per heavy atom. The van der Waals surface area contributed by atoms with Crippen molar-refractivity contribution in [1.82, 2.24) is 4.57 Å². The number of benzene rings is 1. The van der Waals surface area contributed by atoms with Crippen molar-refractivity contribution >= 4 is 22.6 Å². The van der Waals surface area contributed by atoms with E-state index in [0.717, 1.165) is 18.9 Å². The Hall–Kier alpha value is -2.94. The van der Waals surface area contributed by atoms with Gasteiger partial charge >= 0.3 is 5.97 Å². The van der Waals surface area contributed by atoms with Gasteiger partial charge in [-0.25, -0.2) is 13.6 Å². The largest absolute Gasteiger partial charge is 0.487 e. The standard InChI is InChI=1S/C21H23F2N3O4/c1-11-10-30-20-17-13(19(27)14(21(28)29)9-26(11)17)6-15(22)18(20)25-5-3-2-4-12(8-25)16(23)7-24/h6,9,11H,2-5,7-8,10,24H2,1H3,(H,28,29)/t11-/m0/s1. The molecule has 7 nitrogen and oxygen atoms in total. The third-order valence-corrected chi connectivity index (χ3v) is 5.79. The van der Waals surface area contributed by atoms with Crippen LogP contribution >= 0.6 is 0 Å². The second kappa shape index (κ2) is 7.71. The van der Waals surface area contributed by atoms with E-state index in [1.165, 1.54) is 6.20 Å². The number of ether oxygens (including phenoxy) is 1. The molecular formula is C21H23F2N3O4. The molecular weight excluding hydrogens is 396 g/mol. The third-order valence-electron chi connectivity index (χ3n) is 5.79. The van der Waals surface area contributed by atoms with Crippen LogP contribution in [0.2, 0.25) is 0 Å². The van der Waals surface area contributed by atoms with Crippen molar-refractivity contribution in [3.05, 3.63) is 45.3 Å². The summed E-state index contributed by atoms with van der Waals surface area (Å²) in [5, 5.41) is 9.34. The Kier molecular flexibility index (Phi) is 5.23. The number of hydrogen-bond acceptors (Lipinski definition) is 5. The van der Waals surface area contributed by atoms with E-state index in [1.54, 1.807) is 9.47 Å². The summed E-state index contributed by atoms with van der Waals surface area (Å²) < 4.78 is 37.1. The van der Waals surface area contributed by atoms with Gasteiger partial charge < -0.3 is 25.0 Å². The Labute approximate surface area is 171 Å². The number of anilines is 1. The van der Waals surface area contributed by atoms with Crippen molar-refractivity contribution < 1.29 is 23.4 Å². The van der Waals surface area contributed by atoms with Crippen LogP contribution in [0.5, 0.6) is 5.75 Å². The molecule has 0 aliphatic carbocycles. The van der Waals surface area contributed by atoms with Crippen molar-refractivity contribution in [2.75, 3.05) is 31.1 Å². The van der Waals surface area contributed by atoms with Crippen molar-refractivity contribution in [3.8, 4) is 5.75 Å². The maximum atomic E-state index is 15.3. The molecule has 1 saturated heterocycles. The highest BCUT2D eigenvalue weighted by atomic mass is 19.1. The quantitative estimate of drug-likeness (QED) is 0.794. The maximum Gasteiger partial charge on any atom is 0.341 e. The molecule has 4 rings (SSSR count). The zero-order valence-electron chi connectivity index (χ0n) is 16.6. The summed E-state index contributed by atoms with van der Waals surface area (Å²) in [4.78, 5) is 25.9. The predicted octanol–water partition coefficient (Wildman–Crippen LogP) is 2.96. The molecule has 9 heteroatoms. The molecule has 0 amide bonds. The van der Waals surface area contributed by atoms with E-state index in [2.05, 4.69) is 0 Å². The molecule has 160 valence electrons. The van der Waals surface area contributed by atoms with Gasteiger partial charge in [0.1, 0.15) is 23.7 Å². The fourth-order valence-corrected chi connectivity index (χ4v) is 4.24. The van der Waals surface area contributed by atoms with Crippen molar-refractivity contribution in [1.29, 1.82) is 0 Å². The average Bonchev–Trinajstić information content (AvgIpc) is 2.97. The molecule has 30 heavy (non-hydrogen) atoms. The molecule has 0 saturated carbocycles. The van der Waals surface area contributed by atoms with E-state index < -0.39 is 28.6 Å². The van der Waals surface area contributed by atoms with Crippen LogP contribution in [0.3, 0.4) is 0 Å². The van der Waals surface area contributed by atoms with E-state index >= 15 is 4.39 Å². The minimum atomic E-state index is -1.37. The zero-order valence-corrected chi connectivity index (χ0v) is 16.6. The SMILES string of the molecule is C[C@H]1COc2c(N3CCCCC(=C(F)CN)C3)c(F)cc3c(=O)c(C(=O)O)cn1c23. The van der Waals surface area contributed by atoms with Crippen LogP contribution < -0.4 is 20.8 Å². The third kappa shape index (κ3) is 3.23. The number of carboxylic acids is 1. The fourth-order valence-electron chi connectivity index (χ4n) is 4.24. The van der Waals surface area contributed by atoms with E-state index in [9.17, 15) is 19.1 Å². The van der Waals surface area contributed by atoms with Crippen LogP contribution in [0, 0.1) is 5.82 Å². The van der Waals surface area contributed by atoms with Crippen molar-refractivity contribution in [2.24, 2.45) is 5.73 Å². The minimum absolute atomic E-state index is 0.0450.